The second-order valence-electron chi connectivity index (χ2n) is 3.97. The molecule has 1 amide bonds. The Morgan fingerprint density at radius 3 is 2.21 bits per heavy atom. The molecular formula is C8H12LiNO4. The second-order valence-corrected chi connectivity index (χ2v) is 3.97. The van der Waals surface area contributed by atoms with Crippen LogP contribution < -0.4 is 24.0 Å². The molecule has 1 aliphatic rings. The normalized spacial score (nSPS) is 19.6. The van der Waals surface area contributed by atoms with E-state index in [1.807, 2.05) is 0 Å². The van der Waals surface area contributed by atoms with E-state index < -0.39 is 23.7 Å². The fraction of sp³-hybridized carbons (Fsp3) is 0.750. The van der Waals surface area contributed by atoms with E-state index in [1.165, 1.54) is 0 Å². The van der Waals surface area contributed by atoms with Crippen LogP contribution in [0.15, 0.2) is 0 Å². The van der Waals surface area contributed by atoms with Gasteiger partial charge in [-0.15, -0.1) is 0 Å². The molecule has 1 aliphatic heterocycles. The van der Waals surface area contributed by atoms with Gasteiger partial charge in [-0.2, -0.15) is 0 Å². The molecule has 0 N–H and O–H groups in total. The van der Waals surface area contributed by atoms with Gasteiger partial charge >= 0.3 is 25.0 Å². The number of amides is 1. The molecule has 0 saturated carbocycles. The molecular weight excluding hydrogens is 181 g/mol. The predicted octanol–water partition coefficient (Wildman–Crippen LogP) is -3.64. The second kappa shape index (κ2) is 4.24. The predicted molar refractivity (Wildman–Crippen MR) is 41.7 cm³/mol. The maximum absolute atomic E-state index is 11.1. The van der Waals surface area contributed by atoms with Crippen LogP contribution in [0, 0.1) is 0 Å². The summed E-state index contributed by atoms with van der Waals surface area (Å²) in [5.41, 5.74) is -0.587. The van der Waals surface area contributed by atoms with Crippen LogP contribution in [-0.4, -0.2) is 35.2 Å². The summed E-state index contributed by atoms with van der Waals surface area (Å²) in [7, 11) is 0. The quantitative estimate of drug-likeness (QED) is 0.318. The van der Waals surface area contributed by atoms with Crippen LogP contribution in [0.3, 0.4) is 0 Å². The van der Waals surface area contributed by atoms with Gasteiger partial charge in [0.15, 0.2) is 0 Å². The first-order valence-corrected chi connectivity index (χ1v) is 4.02. The first-order chi connectivity index (χ1) is 5.81. The van der Waals surface area contributed by atoms with Crippen molar-refractivity contribution in [1.29, 1.82) is 0 Å². The number of rotatable bonds is 1. The van der Waals surface area contributed by atoms with Crippen LogP contribution in [0.2, 0.25) is 0 Å². The molecule has 0 spiro atoms. The fourth-order valence-electron chi connectivity index (χ4n) is 0.863. The molecule has 0 aromatic heterocycles. The van der Waals surface area contributed by atoms with Crippen molar-refractivity contribution in [3.63, 3.8) is 0 Å². The number of carbonyl (C=O) groups excluding carboxylic acids is 2. The minimum Gasteiger partial charge on any atom is -0.548 e. The SMILES string of the molecule is CC(C)(C)OC(=O)N1CC1C(=O)[O-].[Li+]. The Balaban J connectivity index is 0.00000169. The van der Waals surface area contributed by atoms with Crippen molar-refractivity contribution < 1.29 is 38.3 Å². The first kappa shape index (κ1) is 13.3. The molecule has 0 aromatic carbocycles. The summed E-state index contributed by atoms with van der Waals surface area (Å²) in [6, 6.07) is -0.796. The van der Waals surface area contributed by atoms with Gasteiger partial charge in [-0.3, -0.25) is 4.90 Å². The smallest absolute Gasteiger partial charge is 0.548 e. The molecule has 14 heavy (non-hydrogen) atoms. The molecule has 0 aromatic rings. The Labute approximate surface area is 94.6 Å². The minimum absolute atomic E-state index is 0. The summed E-state index contributed by atoms with van der Waals surface area (Å²) in [5, 5.41) is 10.3. The molecule has 5 nitrogen and oxygen atoms in total. The van der Waals surface area contributed by atoms with Gasteiger partial charge in [-0.05, 0) is 20.8 Å². The number of carboxylic acid groups (broad SMARTS) is 1. The van der Waals surface area contributed by atoms with Crippen LogP contribution in [0.5, 0.6) is 0 Å². The van der Waals surface area contributed by atoms with Gasteiger partial charge in [0, 0.05) is 0 Å². The number of nitrogens with zero attached hydrogens (tertiary/aromatic N) is 1. The number of ether oxygens (including phenoxy) is 1. The van der Waals surface area contributed by atoms with E-state index in [9.17, 15) is 14.7 Å². The topological polar surface area (TPSA) is 69.4 Å². The van der Waals surface area contributed by atoms with Gasteiger partial charge < -0.3 is 14.6 Å². The molecule has 6 heteroatoms. The summed E-state index contributed by atoms with van der Waals surface area (Å²) >= 11 is 0. The van der Waals surface area contributed by atoms with Crippen molar-refractivity contribution in [2.24, 2.45) is 0 Å². The zero-order valence-corrected chi connectivity index (χ0v) is 8.86. The summed E-state index contributed by atoms with van der Waals surface area (Å²) < 4.78 is 4.94. The van der Waals surface area contributed by atoms with Crippen LogP contribution in [-0.2, 0) is 9.53 Å². The minimum atomic E-state index is -1.23. The Morgan fingerprint density at radius 2 is 1.93 bits per heavy atom. The van der Waals surface area contributed by atoms with Gasteiger partial charge in [0.2, 0.25) is 0 Å². The van der Waals surface area contributed by atoms with Gasteiger partial charge in [0.05, 0.1) is 18.6 Å². The number of carboxylic acids is 1. The third kappa shape index (κ3) is 3.60. The van der Waals surface area contributed by atoms with Gasteiger partial charge in [-0.1, -0.05) is 0 Å². The number of carbonyl (C=O) groups is 2. The van der Waals surface area contributed by atoms with Crippen LogP contribution >= 0.6 is 0 Å². The van der Waals surface area contributed by atoms with E-state index in [0.29, 0.717) is 0 Å². The Bertz CT molecular complexity index is 248. The van der Waals surface area contributed by atoms with Crippen molar-refractivity contribution >= 4 is 12.1 Å². The van der Waals surface area contributed by atoms with Crippen molar-refractivity contribution in [1.82, 2.24) is 4.90 Å². The Morgan fingerprint density at radius 1 is 1.43 bits per heavy atom. The van der Waals surface area contributed by atoms with Crippen LogP contribution in [0.1, 0.15) is 20.8 Å². The molecule has 1 rings (SSSR count). The summed E-state index contributed by atoms with van der Waals surface area (Å²) in [4.78, 5) is 22.5. The standard InChI is InChI=1S/C8H13NO4.Li/c1-8(2,3)13-7(12)9-4-5(9)6(10)11;/h5H,4H2,1-3H3,(H,10,11);/q;+1/p-1. The van der Waals surface area contributed by atoms with E-state index in [2.05, 4.69) is 0 Å². The molecule has 1 atom stereocenters. The van der Waals surface area contributed by atoms with E-state index in [0.717, 1.165) is 4.90 Å². The molecule has 74 valence electrons. The van der Waals surface area contributed by atoms with E-state index in [1.54, 1.807) is 20.8 Å². The Hall–Kier alpha value is -0.663. The van der Waals surface area contributed by atoms with Crippen molar-refractivity contribution in [2.75, 3.05) is 6.54 Å². The summed E-state index contributed by atoms with van der Waals surface area (Å²) in [6.07, 6.45) is -0.596. The monoisotopic (exact) mass is 193 g/mol. The summed E-state index contributed by atoms with van der Waals surface area (Å²) in [6.45, 7) is 5.37. The van der Waals surface area contributed by atoms with Gasteiger partial charge in [0.1, 0.15) is 5.60 Å². The molecule has 1 unspecified atom stereocenters. The zero-order chi connectivity index (χ0) is 10.2. The summed E-state index contributed by atoms with van der Waals surface area (Å²) in [5.74, 6) is -1.23. The first-order valence-electron chi connectivity index (χ1n) is 4.02. The number of hydrogen-bond acceptors (Lipinski definition) is 4. The number of hydrogen-bond donors (Lipinski definition) is 0. The fourth-order valence-corrected chi connectivity index (χ4v) is 0.863. The van der Waals surface area contributed by atoms with E-state index in [-0.39, 0.29) is 25.4 Å². The Kier molecular flexibility index (Phi) is 4.04. The van der Waals surface area contributed by atoms with Crippen molar-refractivity contribution in [3.05, 3.63) is 0 Å². The van der Waals surface area contributed by atoms with Crippen LogP contribution in [0.25, 0.3) is 0 Å². The van der Waals surface area contributed by atoms with E-state index in [4.69, 9.17) is 4.74 Å². The van der Waals surface area contributed by atoms with Crippen molar-refractivity contribution in [2.45, 2.75) is 32.4 Å². The molecule has 1 heterocycles. The molecule has 0 radical (unpaired) electrons. The maximum Gasteiger partial charge on any atom is 1.00 e. The van der Waals surface area contributed by atoms with E-state index >= 15 is 0 Å². The average Bonchev–Trinajstić information content (AvgIpc) is 2.58. The van der Waals surface area contributed by atoms with Crippen LogP contribution in [0.4, 0.5) is 4.79 Å². The largest absolute Gasteiger partial charge is 1.00 e. The third-order valence-corrected chi connectivity index (χ3v) is 1.51. The van der Waals surface area contributed by atoms with Crippen molar-refractivity contribution in [3.8, 4) is 0 Å². The molecule has 1 fully saturated rings. The average molecular weight is 193 g/mol. The molecule has 0 bridgehead atoms. The maximum atomic E-state index is 11.1. The number of aliphatic carboxylic acids is 1. The third-order valence-electron chi connectivity index (χ3n) is 1.51. The molecule has 1 saturated heterocycles. The zero-order valence-electron chi connectivity index (χ0n) is 8.86. The van der Waals surface area contributed by atoms with Gasteiger partial charge in [-0.25, -0.2) is 4.79 Å². The molecule has 0 aliphatic carbocycles. The van der Waals surface area contributed by atoms with Gasteiger partial charge in [0.25, 0.3) is 0 Å².